The normalized spacial score (nSPS) is 27.9. The van der Waals surface area contributed by atoms with E-state index in [1.54, 1.807) is 6.07 Å². The molecule has 4 heteroatoms. The molecule has 0 bridgehead atoms. The first-order valence-corrected chi connectivity index (χ1v) is 7.35. The lowest BCUT2D eigenvalue weighted by Crippen LogP contribution is -2.45. The van der Waals surface area contributed by atoms with Gasteiger partial charge < -0.3 is 11.1 Å². The first kappa shape index (κ1) is 14.6. The Labute approximate surface area is 119 Å². The van der Waals surface area contributed by atoms with E-state index in [9.17, 15) is 4.39 Å². The molecule has 2 unspecified atom stereocenters. The van der Waals surface area contributed by atoms with E-state index in [1.807, 2.05) is 0 Å². The molecule has 1 aromatic rings. The van der Waals surface area contributed by atoms with Crippen LogP contribution < -0.4 is 11.1 Å². The molecule has 0 heterocycles. The number of hydrogen-bond acceptors (Lipinski definition) is 2. The second-order valence-corrected chi connectivity index (χ2v) is 6.24. The smallest absolute Gasteiger partial charge is 0.126 e. The van der Waals surface area contributed by atoms with Crippen LogP contribution >= 0.6 is 11.6 Å². The Bertz CT molecular complexity index is 418. The summed E-state index contributed by atoms with van der Waals surface area (Å²) < 4.78 is 13.4. The van der Waals surface area contributed by atoms with E-state index >= 15 is 0 Å². The van der Waals surface area contributed by atoms with Crippen molar-refractivity contribution in [3.05, 3.63) is 29.0 Å². The fourth-order valence-electron chi connectivity index (χ4n) is 2.89. The van der Waals surface area contributed by atoms with E-state index in [-0.39, 0.29) is 11.4 Å². The van der Waals surface area contributed by atoms with Crippen molar-refractivity contribution in [2.45, 2.75) is 44.6 Å². The van der Waals surface area contributed by atoms with E-state index in [0.717, 1.165) is 37.3 Å². The van der Waals surface area contributed by atoms with E-state index in [1.165, 1.54) is 18.6 Å². The molecule has 1 aromatic carbocycles. The SMILES string of the molecule is CC1CCCC(CN)(Nc2cc(F)cc(Cl)c2)CC1. The standard InChI is InChI=1S/C15H22ClFN2/c1-11-3-2-5-15(10-18,6-4-11)19-14-8-12(16)7-13(17)9-14/h7-9,11,19H,2-6,10,18H2,1H3. The number of benzene rings is 1. The first-order valence-electron chi connectivity index (χ1n) is 6.97. The van der Waals surface area contributed by atoms with Gasteiger partial charge in [-0.2, -0.15) is 0 Å². The fraction of sp³-hybridized carbons (Fsp3) is 0.600. The van der Waals surface area contributed by atoms with Crippen molar-refractivity contribution in [2.24, 2.45) is 11.7 Å². The fourth-order valence-corrected chi connectivity index (χ4v) is 3.12. The average Bonchev–Trinajstić information content (AvgIpc) is 2.51. The van der Waals surface area contributed by atoms with E-state index in [2.05, 4.69) is 12.2 Å². The Balaban J connectivity index is 2.17. The molecule has 0 aliphatic heterocycles. The van der Waals surface area contributed by atoms with Crippen molar-refractivity contribution >= 4 is 17.3 Å². The van der Waals surface area contributed by atoms with Crippen LogP contribution in [0.15, 0.2) is 18.2 Å². The van der Waals surface area contributed by atoms with Crippen molar-refractivity contribution in [2.75, 3.05) is 11.9 Å². The van der Waals surface area contributed by atoms with Gasteiger partial charge in [0, 0.05) is 22.8 Å². The van der Waals surface area contributed by atoms with Crippen LogP contribution in [0.1, 0.15) is 39.0 Å². The van der Waals surface area contributed by atoms with Crippen molar-refractivity contribution in [1.29, 1.82) is 0 Å². The number of nitrogens with two attached hydrogens (primary N) is 1. The first-order chi connectivity index (χ1) is 9.03. The van der Waals surface area contributed by atoms with Gasteiger partial charge in [0.05, 0.1) is 0 Å². The Kier molecular flexibility index (Phi) is 4.69. The lowest BCUT2D eigenvalue weighted by Gasteiger charge is -2.34. The third-order valence-corrected chi connectivity index (χ3v) is 4.35. The van der Waals surface area contributed by atoms with Crippen molar-refractivity contribution in [3.63, 3.8) is 0 Å². The molecule has 1 aliphatic carbocycles. The second kappa shape index (κ2) is 6.10. The summed E-state index contributed by atoms with van der Waals surface area (Å²) in [6.07, 6.45) is 5.62. The van der Waals surface area contributed by atoms with E-state index in [0.29, 0.717) is 11.6 Å². The minimum atomic E-state index is -0.316. The Morgan fingerprint density at radius 1 is 1.37 bits per heavy atom. The molecule has 2 rings (SSSR count). The quantitative estimate of drug-likeness (QED) is 0.817. The van der Waals surface area contributed by atoms with Gasteiger partial charge >= 0.3 is 0 Å². The molecule has 106 valence electrons. The molecule has 0 spiro atoms. The van der Waals surface area contributed by atoms with Crippen LogP contribution in [0.3, 0.4) is 0 Å². The molecule has 2 nitrogen and oxygen atoms in total. The molecule has 0 saturated heterocycles. The van der Waals surface area contributed by atoms with E-state index in [4.69, 9.17) is 17.3 Å². The van der Waals surface area contributed by atoms with Gasteiger partial charge in [0.15, 0.2) is 0 Å². The molecule has 0 amide bonds. The second-order valence-electron chi connectivity index (χ2n) is 5.80. The number of hydrogen-bond donors (Lipinski definition) is 2. The highest BCUT2D eigenvalue weighted by atomic mass is 35.5. The van der Waals surface area contributed by atoms with Gasteiger partial charge in [0.25, 0.3) is 0 Å². The molecule has 1 fully saturated rings. The molecule has 1 aliphatic rings. The van der Waals surface area contributed by atoms with Crippen LogP contribution in [0.25, 0.3) is 0 Å². The zero-order chi connectivity index (χ0) is 13.9. The molecule has 19 heavy (non-hydrogen) atoms. The molecule has 2 atom stereocenters. The molecule has 3 N–H and O–H groups in total. The van der Waals surface area contributed by atoms with Gasteiger partial charge in [-0.3, -0.25) is 0 Å². The summed E-state index contributed by atoms with van der Waals surface area (Å²) in [6, 6.07) is 4.56. The zero-order valence-corrected chi connectivity index (χ0v) is 12.1. The van der Waals surface area contributed by atoms with Crippen molar-refractivity contribution in [3.8, 4) is 0 Å². The van der Waals surface area contributed by atoms with Gasteiger partial charge in [-0.1, -0.05) is 31.4 Å². The minimum absolute atomic E-state index is 0.123. The predicted octanol–water partition coefficient (Wildman–Crippen LogP) is 4.19. The summed E-state index contributed by atoms with van der Waals surface area (Å²) in [4.78, 5) is 0. The molecular formula is C15H22ClFN2. The van der Waals surface area contributed by atoms with Crippen LogP contribution in [0.4, 0.5) is 10.1 Å². The maximum absolute atomic E-state index is 13.4. The maximum Gasteiger partial charge on any atom is 0.126 e. The van der Waals surface area contributed by atoms with Crippen LogP contribution in [-0.4, -0.2) is 12.1 Å². The average molecular weight is 285 g/mol. The topological polar surface area (TPSA) is 38.0 Å². The lowest BCUT2D eigenvalue weighted by atomic mass is 9.89. The van der Waals surface area contributed by atoms with Gasteiger partial charge in [-0.15, -0.1) is 0 Å². The molecule has 0 radical (unpaired) electrons. The van der Waals surface area contributed by atoms with Crippen LogP contribution in [-0.2, 0) is 0 Å². The predicted molar refractivity (Wildman–Crippen MR) is 79.1 cm³/mol. The van der Waals surface area contributed by atoms with Crippen LogP contribution in [0.2, 0.25) is 5.02 Å². The largest absolute Gasteiger partial charge is 0.378 e. The summed E-state index contributed by atoms with van der Waals surface area (Å²) in [5.41, 5.74) is 6.59. The summed E-state index contributed by atoms with van der Waals surface area (Å²) in [6.45, 7) is 2.85. The Hall–Kier alpha value is -0.800. The zero-order valence-electron chi connectivity index (χ0n) is 11.4. The van der Waals surface area contributed by atoms with Gasteiger partial charge in [0.2, 0.25) is 0 Å². The lowest BCUT2D eigenvalue weighted by molar-refractivity contribution is 0.409. The minimum Gasteiger partial charge on any atom is -0.378 e. The molecule has 1 saturated carbocycles. The van der Waals surface area contributed by atoms with Gasteiger partial charge in [-0.05, 0) is 43.4 Å². The number of rotatable bonds is 3. The van der Waals surface area contributed by atoms with Gasteiger partial charge in [-0.25, -0.2) is 4.39 Å². The number of nitrogens with one attached hydrogen (secondary N) is 1. The summed E-state index contributed by atoms with van der Waals surface area (Å²) in [5.74, 6) is 0.426. The van der Waals surface area contributed by atoms with Crippen molar-refractivity contribution in [1.82, 2.24) is 0 Å². The molecular weight excluding hydrogens is 263 g/mol. The molecule has 0 aromatic heterocycles. The third kappa shape index (κ3) is 3.83. The summed E-state index contributed by atoms with van der Waals surface area (Å²) in [7, 11) is 0. The van der Waals surface area contributed by atoms with Gasteiger partial charge in [0.1, 0.15) is 5.82 Å². The monoisotopic (exact) mass is 284 g/mol. The highest BCUT2D eigenvalue weighted by Gasteiger charge is 2.31. The third-order valence-electron chi connectivity index (χ3n) is 4.13. The number of anilines is 1. The van der Waals surface area contributed by atoms with E-state index < -0.39 is 0 Å². The Morgan fingerprint density at radius 3 is 2.84 bits per heavy atom. The summed E-state index contributed by atoms with van der Waals surface area (Å²) in [5, 5.41) is 3.85. The highest BCUT2D eigenvalue weighted by Crippen LogP contribution is 2.33. The Morgan fingerprint density at radius 2 is 2.16 bits per heavy atom. The van der Waals surface area contributed by atoms with Crippen LogP contribution in [0, 0.1) is 11.7 Å². The number of halogens is 2. The van der Waals surface area contributed by atoms with Crippen LogP contribution in [0.5, 0.6) is 0 Å². The summed E-state index contributed by atoms with van der Waals surface area (Å²) >= 11 is 5.90. The van der Waals surface area contributed by atoms with Crippen molar-refractivity contribution < 1.29 is 4.39 Å². The maximum atomic E-state index is 13.4. The highest BCUT2D eigenvalue weighted by molar-refractivity contribution is 6.30.